The van der Waals surface area contributed by atoms with E-state index in [0.717, 1.165) is 0 Å². The number of hydrogen-bond acceptors (Lipinski definition) is 5. The van der Waals surface area contributed by atoms with Gasteiger partial charge in [-0.05, 0) is 22.4 Å². The highest BCUT2D eigenvalue weighted by molar-refractivity contribution is 6.06. The Bertz CT molecular complexity index is 502. The minimum Gasteiger partial charge on any atom is -0.358 e. The average Bonchev–Trinajstić information content (AvgIpc) is 2.27. The zero-order valence-corrected chi connectivity index (χ0v) is 10.3. The second-order valence-electron chi connectivity index (χ2n) is 3.75. The molecule has 0 aliphatic rings. The molecular weight excluding hydrogens is 238 g/mol. The van der Waals surface area contributed by atoms with Crippen molar-refractivity contribution in [2.45, 2.75) is 27.2 Å². The molecule has 0 atom stereocenters. The van der Waals surface area contributed by atoms with Crippen LogP contribution in [0.1, 0.15) is 35.0 Å². The first kappa shape index (κ1) is 13.8. The maximum atomic E-state index is 11.8. The van der Waals surface area contributed by atoms with Gasteiger partial charge in [0.05, 0.1) is 5.56 Å². The lowest BCUT2D eigenvalue weighted by atomic mass is 10.1. The Labute approximate surface area is 103 Å². The number of nitro groups is 1. The summed E-state index contributed by atoms with van der Waals surface area (Å²) in [6.45, 7) is 4.68. The standard InChI is InChI=1S/C11H13N3O4/c1-4-9(15)13-11(16)10-6(2)5-8(14(17)18)12-7(10)3/h5H,4H2,1-3H3,(H,13,15,16). The third kappa shape index (κ3) is 2.88. The molecule has 1 heterocycles. The molecule has 96 valence electrons. The third-order valence-corrected chi connectivity index (χ3v) is 2.37. The molecule has 0 radical (unpaired) electrons. The molecule has 7 nitrogen and oxygen atoms in total. The Balaban J connectivity index is 3.14. The van der Waals surface area contributed by atoms with Crippen molar-refractivity contribution >= 4 is 17.6 Å². The van der Waals surface area contributed by atoms with Crippen molar-refractivity contribution in [3.63, 3.8) is 0 Å². The van der Waals surface area contributed by atoms with Crippen LogP contribution in [-0.4, -0.2) is 21.7 Å². The predicted molar refractivity (Wildman–Crippen MR) is 63.1 cm³/mol. The molecule has 7 heteroatoms. The number of carbonyl (C=O) groups is 2. The molecule has 2 amide bonds. The van der Waals surface area contributed by atoms with E-state index in [1.165, 1.54) is 13.0 Å². The van der Waals surface area contributed by atoms with E-state index in [1.54, 1.807) is 13.8 Å². The summed E-state index contributed by atoms with van der Waals surface area (Å²) in [5.74, 6) is -1.31. The molecule has 0 aliphatic heterocycles. The molecule has 0 spiro atoms. The molecule has 1 aromatic heterocycles. The third-order valence-electron chi connectivity index (χ3n) is 2.37. The number of imide groups is 1. The van der Waals surface area contributed by atoms with Crippen LogP contribution < -0.4 is 5.32 Å². The zero-order chi connectivity index (χ0) is 13.9. The number of pyridine rings is 1. The monoisotopic (exact) mass is 251 g/mol. The van der Waals surface area contributed by atoms with Gasteiger partial charge in [0, 0.05) is 19.4 Å². The van der Waals surface area contributed by atoms with Gasteiger partial charge in [0.25, 0.3) is 5.91 Å². The van der Waals surface area contributed by atoms with Gasteiger partial charge in [-0.1, -0.05) is 6.92 Å². The molecule has 0 aliphatic carbocycles. The molecule has 0 saturated heterocycles. The minimum absolute atomic E-state index is 0.185. The van der Waals surface area contributed by atoms with Crippen LogP contribution >= 0.6 is 0 Å². The van der Waals surface area contributed by atoms with Crippen molar-refractivity contribution in [2.24, 2.45) is 0 Å². The highest BCUT2D eigenvalue weighted by Gasteiger charge is 2.21. The number of aromatic nitrogens is 1. The highest BCUT2D eigenvalue weighted by atomic mass is 16.6. The molecule has 18 heavy (non-hydrogen) atoms. The van der Waals surface area contributed by atoms with E-state index in [2.05, 4.69) is 10.3 Å². The smallest absolute Gasteiger partial charge is 0.358 e. The van der Waals surface area contributed by atoms with Crippen molar-refractivity contribution < 1.29 is 14.5 Å². The lowest BCUT2D eigenvalue weighted by Crippen LogP contribution is -2.31. The van der Waals surface area contributed by atoms with Crippen molar-refractivity contribution in [3.05, 3.63) is 33.0 Å². The van der Waals surface area contributed by atoms with E-state index in [-0.39, 0.29) is 23.5 Å². The Morgan fingerprint density at radius 1 is 1.44 bits per heavy atom. The number of carbonyl (C=O) groups excluding carboxylic acids is 2. The summed E-state index contributed by atoms with van der Waals surface area (Å²) in [6, 6.07) is 1.21. The van der Waals surface area contributed by atoms with Gasteiger partial charge in [-0.3, -0.25) is 14.9 Å². The van der Waals surface area contributed by atoms with Gasteiger partial charge in [-0.25, -0.2) is 0 Å². The molecule has 0 fully saturated rings. The summed E-state index contributed by atoms with van der Waals surface area (Å²) in [6.07, 6.45) is 0.185. The van der Waals surface area contributed by atoms with Crippen LogP contribution in [0.4, 0.5) is 5.82 Å². The van der Waals surface area contributed by atoms with Crippen LogP contribution in [0.3, 0.4) is 0 Å². The average molecular weight is 251 g/mol. The molecular formula is C11H13N3O4. The topological polar surface area (TPSA) is 102 Å². The molecule has 1 rings (SSSR count). The van der Waals surface area contributed by atoms with Crippen molar-refractivity contribution in [2.75, 3.05) is 0 Å². The molecule has 0 aromatic carbocycles. The van der Waals surface area contributed by atoms with Crippen molar-refractivity contribution in [3.8, 4) is 0 Å². The Morgan fingerprint density at radius 2 is 2.06 bits per heavy atom. The van der Waals surface area contributed by atoms with Crippen molar-refractivity contribution in [1.29, 1.82) is 0 Å². The summed E-state index contributed by atoms with van der Waals surface area (Å²) in [7, 11) is 0. The minimum atomic E-state index is -0.626. The van der Waals surface area contributed by atoms with Gasteiger partial charge in [-0.2, -0.15) is 0 Å². The first-order valence-corrected chi connectivity index (χ1v) is 5.33. The predicted octanol–water partition coefficient (Wildman–Crippen LogP) is 1.27. The number of rotatable bonds is 3. The second kappa shape index (κ2) is 5.35. The summed E-state index contributed by atoms with van der Waals surface area (Å²) < 4.78 is 0. The summed E-state index contributed by atoms with van der Waals surface area (Å²) in [5, 5.41) is 12.8. The molecule has 1 aromatic rings. The molecule has 0 unspecified atom stereocenters. The summed E-state index contributed by atoms with van der Waals surface area (Å²) in [5.41, 5.74) is 0.834. The van der Waals surface area contributed by atoms with Gasteiger partial charge in [0.1, 0.15) is 0 Å². The summed E-state index contributed by atoms with van der Waals surface area (Å²) >= 11 is 0. The number of aryl methyl sites for hydroxylation is 2. The molecule has 1 N–H and O–H groups in total. The van der Waals surface area contributed by atoms with Gasteiger partial charge in [0.15, 0.2) is 5.69 Å². The van der Waals surface area contributed by atoms with E-state index < -0.39 is 16.7 Å². The van der Waals surface area contributed by atoms with Crippen LogP contribution in [0.2, 0.25) is 0 Å². The lowest BCUT2D eigenvalue weighted by Gasteiger charge is -2.06. The fraction of sp³-hybridized carbons (Fsp3) is 0.364. The van der Waals surface area contributed by atoms with Crippen LogP contribution in [0.5, 0.6) is 0 Å². The maximum Gasteiger partial charge on any atom is 0.363 e. The van der Waals surface area contributed by atoms with Gasteiger partial charge in [-0.15, -0.1) is 0 Å². The van der Waals surface area contributed by atoms with Gasteiger partial charge < -0.3 is 10.1 Å². The van der Waals surface area contributed by atoms with E-state index in [4.69, 9.17) is 0 Å². The molecule has 0 bridgehead atoms. The van der Waals surface area contributed by atoms with Crippen LogP contribution in [-0.2, 0) is 4.79 Å². The fourth-order valence-corrected chi connectivity index (χ4v) is 1.53. The first-order chi connectivity index (χ1) is 8.36. The van der Waals surface area contributed by atoms with E-state index in [9.17, 15) is 19.7 Å². The van der Waals surface area contributed by atoms with E-state index >= 15 is 0 Å². The molecule has 0 saturated carbocycles. The number of nitrogens with one attached hydrogen (secondary N) is 1. The van der Waals surface area contributed by atoms with Gasteiger partial charge >= 0.3 is 5.82 Å². The number of amides is 2. The van der Waals surface area contributed by atoms with Crippen LogP contribution in [0, 0.1) is 24.0 Å². The Hall–Kier alpha value is -2.31. The van der Waals surface area contributed by atoms with Crippen molar-refractivity contribution in [1.82, 2.24) is 10.3 Å². The van der Waals surface area contributed by atoms with E-state index in [0.29, 0.717) is 5.56 Å². The number of hydrogen-bond donors (Lipinski definition) is 1. The zero-order valence-electron chi connectivity index (χ0n) is 10.3. The first-order valence-electron chi connectivity index (χ1n) is 5.33. The quantitative estimate of drug-likeness (QED) is 0.643. The summed E-state index contributed by atoms with van der Waals surface area (Å²) in [4.78, 5) is 36.6. The second-order valence-corrected chi connectivity index (χ2v) is 3.75. The SMILES string of the molecule is CCC(=O)NC(=O)c1c(C)cc([N+](=O)[O-])nc1C. The normalized spacial score (nSPS) is 9.94. The van der Waals surface area contributed by atoms with E-state index in [1.807, 2.05) is 0 Å². The maximum absolute atomic E-state index is 11.8. The van der Waals surface area contributed by atoms with Crippen LogP contribution in [0.25, 0.3) is 0 Å². The number of nitrogens with zero attached hydrogens (tertiary/aromatic N) is 2. The highest BCUT2D eigenvalue weighted by Crippen LogP contribution is 2.17. The fourth-order valence-electron chi connectivity index (χ4n) is 1.53. The van der Waals surface area contributed by atoms with Gasteiger partial charge in [0.2, 0.25) is 5.91 Å². The Kier molecular flexibility index (Phi) is 4.09. The largest absolute Gasteiger partial charge is 0.363 e. The Morgan fingerprint density at radius 3 is 2.50 bits per heavy atom. The van der Waals surface area contributed by atoms with Crippen LogP contribution in [0.15, 0.2) is 6.07 Å². The lowest BCUT2D eigenvalue weighted by molar-refractivity contribution is -0.389.